The number of amides is 1. The van der Waals surface area contributed by atoms with Crippen molar-refractivity contribution < 1.29 is 4.79 Å². The summed E-state index contributed by atoms with van der Waals surface area (Å²) in [4.78, 5) is 17.9. The normalized spacial score (nSPS) is 20.7. The van der Waals surface area contributed by atoms with E-state index in [1.807, 2.05) is 4.90 Å². The largest absolute Gasteiger partial charge is 0.336 e. The molecule has 2 heterocycles. The highest BCUT2D eigenvalue weighted by molar-refractivity contribution is 6.32. The third-order valence-corrected chi connectivity index (χ3v) is 3.10. The fraction of sp³-hybridized carbons (Fsp3) is 0.455. The molecular weight excluding hydrogens is 212 g/mol. The molecule has 1 aliphatic heterocycles. The Morgan fingerprint density at radius 2 is 2.47 bits per heavy atom. The maximum atomic E-state index is 12.1. The van der Waals surface area contributed by atoms with Gasteiger partial charge >= 0.3 is 0 Å². The number of hydrogen-bond acceptors (Lipinski definition) is 2. The Labute approximate surface area is 94.1 Å². The molecule has 1 amide bonds. The molecule has 3 nitrogen and oxygen atoms in total. The number of likely N-dealkylation sites (tertiary alicyclic amines) is 1. The van der Waals surface area contributed by atoms with Crippen molar-refractivity contribution in [3.05, 3.63) is 29.0 Å². The van der Waals surface area contributed by atoms with E-state index in [2.05, 4.69) is 11.9 Å². The zero-order chi connectivity index (χ0) is 10.8. The summed E-state index contributed by atoms with van der Waals surface area (Å²) in [5, 5.41) is 0.293. The lowest BCUT2D eigenvalue weighted by molar-refractivity contribution is 0.0747. The minimum atomic E-state index is -0.00176. The van der Waals surface area contributed by atoms with Crippen molar-refractivity contribution in [3.63, 3.8) is 0 Å². The van der Waals surface area contributed by atoms with Crippen LogP contribution in [0.1, 0.15) is 30.1 Å². The molecule has 1 aromatic rings. The number of halogens is 1. The Balaban J connectivity index is 2.24. The molecule has 0 aliphatic carbocycles. The molecule has 0 aromatic carbocycles. The SMILES string of the molecule is CC1CCCN1C(=O)c1cccnc1Cl. The van der Waals surface area contributed by atoms with Gasteiger partial charge in [0.25, 0.3) is 5.91 Å². The van der Waals surface area contributed by atoms with Crippen LogP contribution in [-0.2, 0) is 0 Å². The van der Waals surface area contributed by atoms with Crippen molar-refractivity contribution >= 4 is 17.5 Å². The molecule has 0 spiro atoms. The molecule has 1 fully saturated rings. The Bertz CT molecular complexity index is 381. The van der Waals surface area contributed by atoms with Crippen LogP contribution < -0.4 is 0 Å². The van der Waals surface area contributed by atoms with E-state index in [4.69, 9.17) is 11.6 Å². The highest BCUT2D eigenvalue weighted by Crippen LogP contribution is 2.21. The van der Waals surface area contributed by atoms with Crippen LogP contribution in [0.15, 0.2) is 18.3 Å². The summed E-state index contributed by atoms with van der Waals surface area (Å²) in [7, 11) is 0. The smallest absolute Gasteiger partial charge is 0.257 e. The minimum absolute atomic E-state index is 0.00176. The average Bonchev–Trinajstić information content (AvgIpc) is 2.64. The summed E-state index contributed by atoms with van der Waals surface area (Å²) >= 11 is 5.89. The molecule has 1 atom stereocenters. The van der Waals surface area contributed by atoms with Gasteiger partial charge < -0.3 is 4.90 Å². The van der Waals surface area contributed by atoms with E-state index in [-0.39, 0.29) is 5.91 Å². The van der Waals surface area contributed by atoms with Gasteiger partial charge in [-0.25, -0.2) is 4.98 Å². The molecule has 0 saturated carbocycles. The van der Waals surface area contributed by atoms with Crippen LogP contribution in [0.3, 0.4) is 0 Å². The Morgan fingerprint density at radius 1 is 1.67 bits per heavy atom. The second-order valence-corrected chi connectivity index (χ2v) is 4.19. The Morgan fingerprint density at radius 3 is 3.07 bits per heavy atom. The van der Waals surface area contributed by atoms with Gasteiger partial charge in [-0.3, -0.25) is 4.79 Å². The minimum Gasteiger partial charge on any atom is -0.336 e. The van der Waals surface area contributed by atoms with Gasteiger partial charge in [-0.15, -0.1) is 0 Å². The fourth-order valence-electron chi connectivity index (χ4n) is 1.94. The summed E-state index contributed by atoms with van der Waals surface area (Å²) in [6.07, 6.45) is 3.74. The molecule has 2 rings (SSSR count). The number of carbonyl (C=O) groups excluding carboxylic acids is 1. The van der Waals surface area contributed by atoms with Crippen molar-refractivity contribution in [1.29, 1.82) is 0 Å². The monoisotopic (exact) mass is 224 g/mol. The van der Waals surface area contributed by atoms with Crippen molar-refractivity contribution in [2.45, 2.75) is 25.8 Å². The lowest BCUT2D eigenvalue weighted by atomic mass is 10.2. The van der Waals surface area contributed by atoms with Gasteiger partial charge in [0, 0.05) is 18.8 Å². The quantitative estimate of drug-likeness (QED) is 0.687. The number of aromatic nitrogens is 1. The number of nitrogens with zero attached hydrogens (tertiary/aromatic N) is 2. The van der Waals surface area contributed by atoms with E-state index in [9.17, 15) is 4.79 Å². The van der Waals surface area contributed by atoms with E-state index in [1.165, 1.54) is 0 Å². The first-order valence-corrected chi connectivity index (χ1v) is 5.49. The maximum absolute atomic E-state index is 12.1. The van der Waals surface area contributed by atoms with Crippen LogP contribution in [0.5, 0.6) is 0 Å². The summed E-state index contributed by atoms with van der Waals surface area (Å²) in [6, 6.07) is 3.77. The Kier molecular flexibility index (Phi) is 2.91. The molecule has 15 heavy (non-hydrogen) atoms. The second kappa shape index (κ2) is 4.19. The van der Waals surface area contributed by atoms with Gasteiger partial charge in [-0.2, -0.15) is 0 Å². The summed E-state index contributed by atoms with van der Waals surface area (Å²) in [6.45, 7) is 2.89. The van der Waals surface area contributed by atoms with E-state index >= 15 is 0 Å². The first-order valence-electron chi connectivity index (χ1n) is 5.11. The van der Waals surface area contributed by atoms with Crippen LogP contribution in [0.25, 0.3) is 0 Å². The van der Waals surface area contributed by atoms with E-state index in [1.54, 1.807) is 18.3 Å². The van der Waals surface area contributed by atoms with Crippen LogP contribution in [-0.4, -0.2) is 28.4 Å². The molecule has 1 aliphatic rings. The predicted octanol–water partition coefficient (Wildman–Crippen LogP) is 2.36. The van der Waals surface area contributed by atoms with Gasteiger partial charge in [-0.05, 0) is 31.9 Å². The molecule has 0 N–H and O–H groups in total. The highest BCUT2D eigenvalue weighted by Gasteiger charge is 2.27. The van der Waals surface area contributed by atoms with E-state index < -0.39 is 0 Å². The molecule has 1 aromatic heterocycles. The third kappa shape index (κ3) is 1.97. The summed E-state index contributed by atoms with van der Waals surface area (Å²) < 4.78 is 0. The zero-order valence-electron chi connectivity index (χ0n) is 8.61. The molecule has 0 bridgehead atoms. The third-order valence-electron chi connectivity index (χ3n) is 2.80. The highest BCUT2D eigenvalue weighted by atomic mass is 35.5. The van der Waals surface area contributed by atoms with Gasteiger partial charge in [0.2, 0.25) is 0 Å². The first-order chi connectivity index (χ1) is 7.20. The van der Waals surface area contributed by atoms with Crippen LogP contribution in [0, 0.1) is 0 Å². The molecule has 1 saturated heterocycles. The van der Waals surface area contributed by atoms with Crippen LogP contribution in [0.4, 0.5) is 0 Å². The molecule has 1 unspecified atom stereocenters. The first kappa shape index (κ1) is 10.4. The lowest BCUT2D eigenvalue weighted by Gasteiger charge is -2.21. The van der Waals surface area contributed by atoms with Crippen molar-refractivity contribution in [1.82, 2.24) is 9.88 Å². The average molecular weight is 225 g/mol. The van der Waals surface area contributed by atoms with Gasteiger partial charge in [0.05, 0.1) is 5.56 Å². The van der Waals surface area contributed by atoms with Crippen molar-refractivity contribution in [2.75, 3.05) is 6.54 Å². The zero-order valence-corrected chi connectivity index (χ0v) is 9.37. The molecule has 0 radical (unpaired) electrons. The van der Waals surface area contributed by atoms with Crippen LogP contribution >= 0.6 is 11.6 Å². The predicted molar refractivity (Wildman–Crippen MR) is 59.0 cm³/mol. The standard InChI is InChI=1S/C11H13ClN2O/c1-8-4-3-7-14(8)11(15)9-5-2-6-13-10(9)12/h2,5-6,8H,3-4,7H2,1H3. The second-order valence-electron chi connectivity index (χ2n) is 3.83. The number of carbonyl (C=O) groups is 1. The van der Waals surface area contributed by atoms with E-state index in [0.29, 0.717) is 16.8 Å². The van der Waals surface area contributed by atoms with Crippen LogP contribution in [0.2, 0.25) is 5.15 Å². The summed E-state index contributed by atoms with van der Waals surface area (Å²) in [5.41, 5.74) is 0.507. The number of rotatable bonds is 1. The van der Waals surface area contributed by atoms with Crippen molar-refractivity contribution in [2.24, 2.45) is 0 Å². The molecule has 4 heteroatoms. The van der Waals surface area contributed by atoms with Gasteiger partial charge in [0.1, 0.15) is 5.15 Å². The van der Waals surface area contributed by atoms with Crippen molar-refractivity contribution in [3.8, 4) is 0 Å². The number of hydrogen-bond donors (Lipinski definition) is 0. The Hall–Kier alpha value is -1.09. The fourth-order valence-corrected chi connectivity index (χ4v) is 2.14. The molecular formula is C11H13ClN2O. The topological polar surface area (TPSA) is 33.2 Å². The number of pyridine rings is 1. The van der Waals surface area contributed by atoms with Gasteiger partial charge in [0.15, 0.2) is 0 Å². The van der Waals surface area contributed by atoms with Gasteiger partial charge in [-0.1, -0.05) is 11.6 Å². The summed E-state index contributed by atoms with van der Waals surface area (Å²) in [5.74, 6) is -0.00176. The molecule has 80 valence electrons. The lowest BCUT2D eigenvalue weighted by Crippen LogP contribution is -2.33. The maximum Gasteiger partial charge on any atom is 0.257 e. The van der Waals surface area contributed by atoms with E-state index in [0.717, 1.165) is 19.4 Å².